The zero-order valence-electron chi connectivity index (χ0n) is 9.26. The third-order valence-electron chi connectivity index (χ3n) is 2.66. The minimum Gasteiger partial charge on any atom is -0.506 e. The number of hydrogen-bond acceptors (Lipinski definition) is 1. The normalized spacial score (nSPS) is 12.5. The van der Waals surface area contributed by atoms with Crippen LogP contribution in [-0.2, 0) is 0 Å². The molecule has 1 rings (SSSR count). The SMILES string of the molecule is C=C(CCC)C(C)c1ccc(O)c(Cl)c1. The molecule has 0 bridgehead atoms. The molecule has 0 aromatic heterocycles. The molecule has 1 aromatic rings. The number of hydrogen-bond donors (Lipinski definition) is 1. The molecule has 2 heteroatoms. The van der Waals surface area contributed by atoms with Gasteiger partial charge in [-0.2, -0.15) is 0 Å². The average Bonchev–Trinajstić information content (AvgIpc) is 2.21. The van der Waals surface area contributed by atoms with Crippen LogP contribution in [0.25, 0.3) is 0 Å². The Kier molecular flexibility index (Phi) is 4.22. The summed E-state index contributed by atoms with van der Waals surface area (Å²) in [5.74, 6) is 0.428. The second-order valence-electron chi connectivity index (χ2n) is 3.84. The van der Waals surface area contributed by atoms with Gasteiger partial charge in [-0.25, -0.2) is 0 Å². The Hall–Kier alpha value is -0.950. The van der Waals surface area contributed by atoms with Gasteiger partial charge in [0.1, 0.15) is 5.75 Å². The molecule has 0 aliphatic carbocycles. The molecule has 0 heterocycles. The molecule has 0 aliphatic heterocycles. The van der Waals surface area contributed by atoms with Crippen molar-refractivity contribution in [3.8, 4) is 5.75 Å². The molecular weight excluding hydrogens is 208 g/mol. The van der Waals surface area contributed by atoms with Gasteiger partial charge in [0.05, 0.1) is 5.02 Å². The lowest BCUT2D eigenvalue weighted by Crippen LogP contribution is -1.96. The summed E-state index contributed by atoms with van der Waals surface area (Å²) in [6.45, 7) is 8.32. The Morgan fingerprint density at radius 1 is 1.53 bits per heavy atom. The van der Waals surface area contributed by atoms with Crippen LogP contribution in [0.2, 0.25) is 5.02 Å². The van der Waals surface area contributed by atoms with Gasteiger partial charge >= 0.3 is 0 Å². The fourth-order valence-corrected chi connectivity index (χ4v) is 1.75. The number of benzene rings is 1. The molecule has 0 saturated carbocycles. The summed E-state index contributed by atoms with van der Waals surface area (Å²) < 4.78 is 0. The van der Waals surface area contributed by atoms with Crippen LogP contribution in [0.1, 0.15) is 38.2 Å². The van der Waals surface area contributed by atoms with Gasteiger partial charge in [-0.15, -0.1) is 0 Å². The first-order valence-electron chi connectivity index (χ1n) is 5.22. The van der Waals surface area contributed by atoms with Gasteiger partial charge < -0.3 is 5.11 Å². The van der Waals surface area contributed by atoms with Crippen molar-refractivity contribution in [1.82, 2.24) is 0 Å². The molecule has 0 aliphatic rings. The monoisotopic (exact) mass is 224 g/mol. The van der Waals surface area contributed by atoms with Gasteiger partial charge in [-0.05, 0) is 24.1 Å². The third kappa shape index (κ3) is 3.00. The second-order valence-corrected chi connectivity index (χ2v) is 4.25. The highest BCUT2D eigenvalue weighted by atomic mass is 35.5. The molecule has 1 unspecified atom stereocenters. The van der Waals surface area contributed by atoms with E-state index < -0.39 is 0 Å². The molecule has 1 aromatic carbocycles. The highest BCUT2D eigenvalue weighted by Gasteiger charge is 2.10. The molecule has 0 fully saturated rings. The molecule has 0 amide bonds. The van der Waals surface area contributed by atoms with Crippen molar-refractivity contribution in [2.75, 3.05) is 0 Å². The van der Waals surface area contributed by atoms with Gasteiger partial charge in [0.25, 0.3) is 0 Å². The predicted molar refractivity (Wildman–Crippen MR) is 65.6 cm³/mol. The number of allylic oxidation sites excluding steroid dienone is 1. The van der Waals surface area contributed by atoms with Gasteiger partial charge in [-0.1, -0.05) is 50.1 Å². The fourth-order valence-electron chi connectivity index (χ4n) is 1.57. The maximum absolute atomic E-state index is 9.31. The van der Waals surface area contributed by atoms with E-state index in [1.807, 2.05) is 12.1 Å². The van der Waals surface area contributed by atoms with Gasteiger partial charge in [-0.3, -0.25) is 0 Å². The smallest absolute Gasteiger partial charge is 0.134 e. The fraction of sp³-hybridized carbons (Fsp3) is 0.385. The van der Waals surface area contributed by atoms with Crippen LogP contribution in [-0.4, -0.2) is 5.11 Å². The molecule has 0 radical (unpaired) electrons. The number of halogens is 1. The van der Waals surface area contributed by atoms with E-state index in [1.54, 1.807) is 6.07 Å². The Morgan fingerprint density at radius 3 is 2.73 bits per heavy atom. The first-order chi connectivity index (χ1) is 7.06. The maximum Gasteiger partial charge on any atom is 0.134 e. The van der Waals surface area contributed by atoms with Crippen molar-refractivity contribution in [2.45, 2.75) is 32.6 Å². The summed E-state index contributed by atoms with van der Waals surface area (Å²) >= 11 is 5.86. The summed E-state index contributed by atoms with van der Waals surface area (Å²) in [6.07, 6.45) is 2.13. The zero-order chi connectivity index (χ0) is 11.4. The summed E-state index contributed by atoms with van der Waals surface area (Å²) in [5, 5.41) is 9.72. The standard InChI is InChI=1S/C13H17ClO/c1-4-5-9(2)10(3)11-6-7-13(15)12(14)8-11/h6-8,10,15H,2,4-5H2,1,3H3. The van der Waals surface area contributed by atoms with Crippen molar-refractivity contribution in [3.63, 3.8) is 0 Å². The Bertz CT molecular complexity index is 358. The van der Waals surface area contributed by atoms with E-state index in [0.29, 0.717) is 10.9 Å². The average molecular weight is 225 g/mol. The van der Waals surface area contributed by atoms with Crippen LogP contribution < -0.4 is 0 Å². The van der Waals surface area contributed by atoms with Crippen molar-refractivity contribution in [3.05, 3.63) is 40.9 Å². The van der Waals surface area contributed by atoms with E-state index in [9.17, 15) is 5.11 Å². The number of rotatable bonds is 4. The van der Waals surface area contributed by atoms with E-state index in [-0.39, 0.29) is 5.75 Å². The molecular formula is C13H17ClO. The lowest BCUT2D eigenvalue weighted by atomic mass is 9.91. The molecule has 1 N–H and O–H groups in total. The summed E-state index contributed by atoms with van der Waals surface area (Å²) in [4.78, 5) is 0. The van der Waals surface area contributed by atoms with Crippen LogP contribution in [0.5, 0.6) is 5.75 Å². The quantitative estimate of drug-likeness (QED) is 0.747. The minimum absolute atomic E-state index is 0.133. The molecule has 15 heavy (non-hydrogen) atoms. The van der Waals surface area contributed by atoms with Crippen molar-refractivity contribution < 1.29 is 5.11 Å². The van der Waals surface area contributed by atoms with E-state index in [2.05, 4.69) is 20.4 Å². The lowest BCUT2D eigenvalue weighted by molar-refractivity contribution is 0.475. The van der Waals surface area contributed by atoms with Gasteiger partial charge in [0.15, 0.2) is 0 Å². The number of aromatic hydroxyl groups is 1. The second kappa shape index (κ2) is 5.22. The maximum atomic E-state index is 9.31. The minimum atomic E-state index is 0.133. The van der Waals surface area contributed by atoms with Gasteiger partial charge in [0, 0.05) is 5.92 Å². The number of phenols is 1. The Labute approximate surface area is 96.4 Å². The van der Waals surface area contributed by atoms with Crippen molar-refractivity contribution in [2.24, 2.45) is 0 Å². The van der Waals surface area contributed by atoms with Crippen molar-refractivity contribution in [1.29, 1.82) is 0 Å². The topological polar surface area (TPSA) is 20.2 Å². The van der Waals surface area contributed by atoms with Crippen LogP contribution in [0.3, 0.4) is 0 Å². The Morgan fingerprint density at radius 2 is 2.20 bits per heavy atom. The molecule has 1 atom stereocenters. The predicted octanol–water partition coefficient (Wildman–Crippen LogP) is 4.51. The third-order valence-corrected chi connectivity index (χ3v) is 2.96. The van der Waals surface area contributed by atoms with Crippen LogP contribution in [0.15, 0.2) is 30.4 Å². The molecule has 1 nitrogen and oxygen atoms in total. The molecule has 82 valence electrons. The van der Waals surface area contributed by atoms with E-state index in [4.69, 9.17) is 11.6 Å². The van der Waals surface area contributed by atoms with Crippen molar-refractivity contribution >= 4 is 11.6 Å². The molecule has 0 spiro atoms. The van der Waals surface area contributed by atoms with E-state index in [1.165, 1.54) is 5.57 Å². The largest absolute Gasteiger partial charge is 0.506 e. The number of phenolic OH excluding ortho intramolecular Hbond substituents is 1. The highest BCUT2D eigenvalue weighted by molar-refractivity contribution is 6.32. The first-order valence-corrected chi connectivity index (χ1v) is 5.60. The van der Waals surface area contributed by atoms with Crippen LogP contribution in [0, 0.1) is 0 Å². The van der Waals surface area contributed by atoms with Crippen LogP contribution in [0.4, 0.5) is 0 Å². The first kappa shape index (κ1) is 12.1. The zero-order valence-corrected chi connectivity index (χ0v) is 10.0. The molecule has 0 saturated heterocycles. The summed E-state index contributed by atoms with van der Waals surface area (Å²) in [5.41, 5.74) is 2.32. The van der Waals surface area contributed by atoms with E-state index >= 15 is 0 Å². The highest BCUT2D eigenvalue weighted by Crippen LogP contribution is 2.31. The van der Waals surface area contributed by atoms with Gasteiger partial charge in [0.2, 0.25) is 0 Å². The van der Waals surface area contributed by atoms with E-state index in [0.717, 1.165) is 18.4 Å². The lowest BCUT2D eigenvalue weighted by Gasteiger charge is -2.15. The summed E-state index contributed by atoms with van der Waals surface area (Å²) in [6, 6.07) is 5.34. The van der Waals surface area contributed by atoms with Crippen LogP contribution >= 0.6 is 11.6 Å². The Balaban J connectivity index is 2.86. The summed E-state index contributed by atoms with van der Waals surface area (Å²) in [7, 11) is 0.